The standard InChI is InChI=1S/C11H16N2O2/c1-8(2)3-6-13-10-4-5-12-7-9(10)11(14)15/h4-5,7-8H,3,6H2,1-2H3,(H,12,13)(H,14,15). The summed E-state index contributed by atoms with van der Waals surface area (Å²) in [4.78, 5) is 14.6. The predicted octanol–water partition coefficient (Wildman–Crippen LogP) is 2.24. The smallest absolute Gasteiger partial charge is 0.339 e. The van der Waals surface area contributed by atoms with E-state index in [1.807, 2.05) is 0 Å². The molecule has 0 radical (unpaired) electrons. The Labute approximate surface area is 89.3 Å². The monoisotopic (exact) mass is 208 g/mol. The van der Waals surface area contributed by atoms with Crippen LogP contribution in [0.15, 0.2) is 18.5 Å². The summed E-state index contributed by atoms with van der Waals surface area (Å²) in [6, 6.07) is 1.68. The highest BCUT2D eigenvalue weighted by molar-refractivity contribution is 5.93. The van der Waals surface area contributed by atoms with Crippen LogP contribution in [0.5, 0.6) is 0 Å². The van der Waals surface area contributed by atoms with Gasteiger partial charge in [0, 0.05) is 18.9 Å². The second kappa shape index (κ2) is 5.34. The van der Waals surface area contributed by atoms with Crippen LogP contribution in [0.3, 0.4) is 0 Å². The van der Waals surface area contributed by atoms with Gasteiger partial charge in [-0.1, -0.05) is 13.8 Å². The number of nitrogens with one attached hydrogen (secondary N) is 1. The second-order valence-electron chi connectivity index (χ2n) is 3.84. The summed E-state index contributed by atoms with van der Waals surface area (Å²) >= 11 is 0. The Bertz CT molecular complexity index is 337. The van der Waals surface area contributed by atoms with Crippen molar-refractivity contribution in [3.8, 4) is 0 Å². The van der Waals surface area contributed by atoms with Gasteiger partial charge in [-0.05, 0) is 18.4 Å². The number of aromatic carboxylic acids is 1. The molecule has 0 fully saturated rings. The first-order valence-corrected chi connectivity index (χ1v) is 5.02. The lowest BCUT2D eigenvalue weighted by Crippen LogP contribution is -2.09. The molecule has 0 bridgehead atoms. The molecule has 82 valence electrons. The van der Waals surface area contributed by atoms with Gasteiger partial charge in [0.25, 0.3) is 0 Å². The van der Waals surface area contributed by atoms with Crippen molar-refractivity contribution in [2.45, 2.75) is 20.3 Å². The Morgan fingerprint density at radius 1 is 1.60 bits per heavy atom. The fourth-order valence-electron chi connectivity index (χ4n) is 1.21. The van der Waals surface area contributed by atoms with Crippen LogP contribution >= 0.6 is 0 Å². The van der Waals surface area contributed by atoms with Crippen LogP contribution in [0, 0.1) is 5.92 Å². The number of hydrogen-bond donors (Lipinski definition) is 2. The zero-order valence-electron chi connectivity index (χ0n) is 9.03. The lowest BCUT2D eigenvalue weighted by atomic mass is 10.1. The summed E-state index contributed by atoms with van der Waals surface area (Å²) in [5, 5.41) is 12.0. The Kier molecular flexibility index (Phi) is 4.09. The van der Waals surface area contributed by atoms with Crippen molar-refractivity contribution in [1.29, 1.82) is 0 Å². The van der Waals surface area contributed by atoms with Gasteiger partial charge in [0.15, 0.2) is 0 Å². The maximum atomic E-state index is 10.8. The van der Waals surface area contributed by atoms with E-state index in [1.165, 1.54) is 6.20 Å². The largest absolute Gasteiger partial charge is 0.478 e. The SMILES string of the molecule is CC(C)CCNc1ccncc1C(=O)O. The van der Waals surface area contributed by atoms with Gasteiger partial charge in [-0.2, -0.15) is 0 Å². The lowest BCUT2D eigenvalue weighted by Gasteiger charge is -2.10. The lowest BCUT2D eigenvalue weighted by molar-refractivity contribution is 0.0697. The Hall–Kier alpha value is -1.58. The van der Waals surface area contributed by atoms with Crippen molar-refractivity contribution in [2.24, 2.45) is 5.92 Å². The number of carbonyl (C=O) groups is 1. The van der Waals surface area contributed by atoms with Gasteiger partial charge in [0.2, 0.25) is 0 Å². The van der Waals surface area contributed by atoms with Crippen LogP contribution in [0.2, 0.25) is 0 Å². The average Bonchev–Trinajstić information content (AvgIpc) is 2.17. The summed E-state index contributed by atoms with van der Waals surface area (Å²) in [5.41, 5.74) is 0.861. The van der Waals surface area contributed by atoms with Crippen LogP contribution in [0.4, 0.5) is 5.69 Å². The van der Waals surface area contributed by atoms with E-state index in [4.69, 9.17) is 5.11 Å². The third kappa shape index (κ3) is 3.58. The van der Waals surface area contributed by atoms with E-state index in [9.17, 15) is 4.79 Å². The minimum atomic E-state index is -0.949. The summed E-state index contributed by atoms with van der Waals surface area (Å²) in [7, 11) is 0. The number of pyridine rings is 1. The summed E-state index contributed by atoms with van der Waals surface area (Å²) in [6.07, 6.45) is 3.96. The van der Waals surface area contributed by atoms with E-state index in [-0.39, 0.29) is 5.56 Å². The van der Waals surface area contributed by atoms with Gasteiger partial charge in [-0.15, -0.1) is 0 Å². The Balaban J connectivity index is 2.63. The molecule has 15 heavy (non-hydrogen) atoms. The summed E-state index contributed by atoms with van der Waals surface area (Å²) in [6.45, 7) is 5.04. The Morgan fingerprint density at radius 2 is 2.33 bits per heavy atom. The quantitative estimate of drug-likeness (QED) is 0.779. The molecule has 0 spiro atoms. The molecule has 0 saturated carbocycles. The van der Waals surface area contributed by atoms with Crippen LogP contribution in [-0.4, -0.2) is 22.6 Å². The van der Waals surface area contributed by atoms with E-state index in [2.05, 4.69) is 24.1 Å². The van der Waals surface area contributed by atoms with Gasteiger partial charge in [0.1, 0.15) is 5.56 Å². The number of anilines is 1. The topological polar surface area (TPSA) is 62.2 Å². The van der Waals surface area contributed by atoms with Crippen molar-refractivity contribution < 1.29 is 9.90 Å². The first-order chi connectivity index (χ1) is 7.11. The van der Waals surface area contributed by atoms with Gasteiger partial charge < -0.3 is 10.4 Å². The number of carboxylic acid groups (broad SMARTS) is 1. The van der Waals surface area contributed by atoms with Crippen molar-refractivity contribution in [3.05, 3.63) is 24.0 Å². The fraction of sp³-hybridized carbons (Fsp3) is 0.455. The molecule has 1 heterocycles. The van der Waals surface area contributed by atoms with Crippen molar-refractivity contribution in [1.82, 2.24) is 4.98 Å². The van der Waals surface area contributed by atoms with Gasteiger partial charge in [-0.3, -0.25) is 4.98 Å². The molecular formula is C11H16N2O2. The summed E-state index contributed by atoms with van der Waals surface area (Å²) in [5.74, 6) is -0.345. The minimum absolute atomic E-state index is 0.223. The number of carboxylic acids is 1. The number of aromatic nitrogens is 1. The molecule has 4 heteroatoms. The van der Waals surface area contributed by atoms with Crippen LogP contribution in [-0.2, 0) is 0 Å². The highest BCUT2D eigenvalue weighted by Gasteiger charge is 2.08. The predicted molar refractivity (Wildman–Crippen MR) is 59.1 cm³/mol. The highest BCUT2D eigenvalue weighted by atomic mass is 16.4. The molecule has 1 aromatic heterocycles. The third-order valence-corrected chi connectivity index (χ3v) is 2.09. The fourth-order valence-corrected chi connectivity index (χ4v) is 1.21. The van der Waals surface area contributed by atoms with Gasteiger partial charge >= 0.3 is 5.97 Å². The summed E-state index contributed by atoms with van der Waals surface area (Å²) < 4.78 is 0. The minimum Gasteiger partial charge on any atom is -0.478 e. The first kappa shape index (κ1) is 11.5. The molecule has 0 saturated heterocycles. The van der Waals surface area contributed by atoms with E-state index in [1.54, 1.807) is 12.3 Å². The molecule has 1 rings (SSSR count). The zero-order valence-corrected chi connectivity index (χ0v) is 9.03. The Morgan fingerprint density at radius 3 is 2.93 bits per heavy atom. The van der Waals surface area contributed by atoms with E-state index >= 15 is 0 Å². The molecular weight excluding hydrogens is 192 g/mol. The number of nitrogens with zero attached hydrogens (tertiary/aromatic N) is 1. The number of rotatable bonds is 5. The van der Waals surface area contributed by atoms with E-state index in [0.29, 0.717) is 11.6 Å². The zero-order chi connectivity index (χ0) is 11.3. The van der Waals surface area contributed by atoms with Crippen molar-refractivity contribution in [2.75, 3.05) is 11.9 Å². The van der Waals surface area contributed by atoms with E-state index < -0.39 is 5.97 Å². The average molecular weight is 208 g/mol. The maximum absolute atomic E-state index is 10.8. The van der Waals surface area contributed by atoms with Gasteiger partial charge in [0.05, 0.1) is 5.69 Å². The molecule has 0 amide bonds. The van der Waals surface area contributed by atoms with Crippen LogP contribution in [0.25, 0.3) is 0 Å². The van der Waals surface area contributed by atoms with Crippen LogP contribution < -0.4 is 5.32 Å². The maximum Gasteiger partial charge on any atom is 0.339 e. The third-order valence-electron chi connectivity index (χ3n) is 2.09. The van der Waals surface area contributed by atoms with Crippen molar-refractivity contribution >= 4 is 11.7 Å². The van der Waals surface area contributed by atoms with Gasteiger partial charge in [-0.25, -0.2) is 4.79 Å². The first-order valence-electron chi connectivity index (χ1n) is 5.02. The molecule has 4 nitrogen and oxygen atoms in total. The molecule has 0 unspecified atom stereocenters. The normalized spacial score (nSPS) is 10.3. The molecule has 0 aliphatic heterocycles. The van der Waals surface area contributed by atoms with Crippen LogP contribution in [0.1, 0.15) is 30.6 Å². The molecule has 1 aromatic rings. The van der Waals surface area contributed by atoms with Crippen molar-refractivity contribution in [3.63, 3.8) is 0 Å². The molecule has 0 aliphatic rings. The molecule has 0 atom stereocenters. The second-order valence-corrected chi connectivity index (χ2v) is 3.84. The van der Waals surface area contributed by atoms with E-state index in [0.717, 1.165) is 13.0 Å². The molecule has 0 aromatic carbocycles. The molecule has 2 N–H and O–H groups in total. The number of hydrogen-bond acceptors (Lipinski definition) is 3. The molecule has 0 aliphatic carbocycles. The highest BCUT2D eigenvalue weighted by Crippen LogP contribution is 2.13.